The van der Waals surface area contributed by atoms with Crippen molar-refractivity contribution in [2.24, 2.45) is 11.7 Å². The van der Waals surface area contributed by atoms with Gasteiger partial charge in [-0.2, -0.15) is 0 Å². The third-order valence-electron chi connectivity index (χ3n) is 4.11. The van der Waals surface area contributed by atoms with E-state index in [0.29, 0.717) is 12.5 Å². The third-order valence-corrected chi connectivity index (χ3v) is 4.11. The van der Waals surface area contributed by atoms with E-state index in [1.165, 1.54) is 18.4 Å². The fraction of sp³-hybridized carbons (Fsp3) is 0.625. The van der Waals surface area contributed by atoms with Gasteiger partial charge in [-0.3, -0.25) is 4.90 Å². The normalized spacial score (nSPS) is 21.6. The van der Waals surface area contributed by atoms with Crippen molar-refractivity contribution in [1.82, 2.24) is 4.90 Å². The predicted octanol–water partition coefficient (Wildman–Crippen LogP) is 2.05. The molecule has 1 aliphatic rings. The summed E-state index contributed by atoms with van der Waals surface area (Å²) >= 11 is 0. The highest BCUT2D eigenvalue weighted by Crippen LogP contribution is 2.31. The lowest BCUT2D eigenvalue weighted by molar-refractivity contribution is 0.0690. The highest BCUT2D eigenvalue weighted by atomic mass is 16.5. The van der Waals surface area contributed by atoms with E-state index in [1.807, 2.05) is 12.1 Å². The molecule has 1 heterocycles. The topological polar surface area (TPSA) is 47.7 Å². The molecule has 0 aliphatic carbocycles. The van der Waals surface area contributed by atoms with Gasteiger partial charge in [-0.25, -0.2) is 0 Å². The zero-order valence-electron chi connectivity index (χ0n) is 12.5. The first kappa shape index (κ1) is 15.3. The second-order valence-corrected chi connectivity index (χ2v) is 5.45. The van der Waals surface area contributed by atoms with Crippen LogP contribution in [0.5, 0.6) is 5.75 Å². The SMILES string of the molecule is COCC1CCCN(C(CN)c2ccccc2OC)C1. The molecule has 2 atom stereocenters. The Kier molecular flexibility index (Phi) is 5.83. The van der Waals surface area contributed by atoms with Crippen LogP contribution in [0.2, 0.25) is 0 Å². The zero-order valence-corrected chi connectivity index (χ0v) is 12.5. The van der Waals surface area contributed by atoms with Crippen molar-refractivity contribution in [1.29, 1.82) is 0 Å². The number of nitrogens with zero attached hydrogens (tertiary/aromatic N) is 1. The van der Waals surface area contributed by atoms with E-state index >= 15 is 0 Å². The van der Waals surface area contributed by atoms with Gasteiger partial charge in [0.2, 0.25) is 0 Å². The molecule has 1 aliphatic heterocycles. The van der Waals surface area contributed by atoms with Crippen molar-refractivity contribution in [3.63, 3.8) is 0 Å². The van der Waals surface area contributed by atoms with Crippen LogP contribution >= 0.6 is 0 Å². The molecule has 0 spiro atoms. The molecule has 4 nitrogen and oxygen atoms in total. The van der Waals surface area contributed by atoms with Crippen LogP contribution in [0, 0.1) is 5.92 Å². The van der Waals surface area contributed by atoms with Crippen molar-refractivity contribution in [2.45, 2.75) is 18.9 Å². The molecule has 0 radical (unpaired) electrons. The molecule has 4 heteroatoms. The maximum atomic E-state index is 6.05. The Morgan fingerprint density at radius 3 is 2.85 bits per heavy atom. The number of hydrogen-bond acceptors (Lipinski definition) is 4. The highest BCUT2D eigenvalue weighted by molar-refractivity contribution is 5.36. The Hall–Kier alpha value is -1.10. The maximum absolute atomic E-state index is 6.05. The number of benzene rings is 1. The summed E-state index contributed by atoms with van der Waals surface area (Å²) in [5.41, 5.74) is 7.24. The van der Waals surface area contributed by atoms with Crippen molar-refractivity contribution in [3.05, 3.63) is 29.8 Å². The summed E-state index contributed by atoms with van der Waals surface area (Å²) in [7, 11) is 3.50. The van der Waals surface area contributed by atoms with Crippen LogP contribution in [0.3, 0.4) is 0 Å². The summed E-state index contributed by atoms with van der Waals surface area (Å²) in [6, 6.07) is 8.41. The van der Waals surface area contributed by atoms with Gasteiger partial charge >= 0.3 is 0 Å². The van der Waals surface area contributed by atoms with E-state index in [4.69, 9.17) is 15.2 Å². The molecular formula is C16H26N2O2. The summed E-state index contributed by atoms with van der Waals surface area (Å²) in [6.07, 6.45) is 2.45. The van der Waals surface area contributed by atoms with Crippen LogP contribution in [0.1, 0.15) is 24.4 Å². The van der Waals surface area contributed by atoms with Gasteiger partial charge < -0.3 is 15.2 Å². The molecule has 2 unspecified atom stereocenters. The standard InChI is InChI=1S/C16H26N2O2/c1-19-12-13-6-5-9-18(11-13)15(10-17)14-7-3-4-8-16(14)20-2/h3-4,7-8,13,15H,5-6,9-12,17H2,1-2H3. The second-order valence-electron chi connectivity index (χ2n) is 5.45. The van der Waals surface area contributed by atoms with Gasteiger partial charge in [0.15, 0.2) is 0 Å². The minimum absolute atomic E-state index is 0.228. The van der Waals surface area contributed by atoms with Gasteiger partial charge in [0.25, 0.3) is 0 Å². The Balaban J connectivity index is 2.14. The van der Waals surface area contributed by atoms with Gasteiger partial charge in [-0.15, -0.1) is 0 Å². The molecule has 1 fully saturated rings. The van der Waals surface area contributed by atoms with E-state index < -0.39 is 0 Å². The first-order chi connectivity index (χ1) is 9.80. The molecule has 0 bridgehead atoms. The van der Waals surface area contributed by atoms with Gasteiger partial charge in [0.05, 0.1) is 19.8 Å². The minimum Gasteiger partial charge on any atom is -0.496 e. The summed E-state index contributed by atoms with van der Waals surface area (Å²) in [4.78, 5) is 2.48. The van der Waals surface area contributed by atoms with E-state index in [1.54, 1.807) is 14.2 Å². The number of para-hydroxylation sites is 1. The number of piperidine rings is 1. The monoisotopic (exact) mass is 278 g/mol. The van der Waals surface area contributed by atoms with Crippen molar-refractivity contribution in [2.75, 3.05) is 40.5 Å². The summed E-state index contributed by atoms with van der Waals surface area (Å²) in [6.45, 7) is 3.59. The quantitative estimate of drug-likeness (QED) is 0.865. The van der Waals surface area contributed by atoms with E-state index in [9.17, 15) is 0 Å². The van der Waals surface area contributed by atoms with Crippen molar-refractivity contribution < 1.29 is 9.47 Å². The fourth-order valence-corrected chi connectivity index (χ4v) is 3.17. The number of rotatable bonds is 6. The van der Waals surface area contributed by atoms with Crippen LogP contribution < -0.4 is 10.5 Å². The number of nitrogens with two attached hydrogens (primary N) is 1. The molecule has 0 aromatic heterocycles. The first-order valence-electron chi connectivity index (χ1n) is 7.36. The van der Waals surface area contributed by atoms with E-state index in [-0.39, 0.29) is 6.04 Å². The molecule has 20 heavy (non-hydrogen) atoms. The van der Waals surface area contributed by atoms with Gasteiger partial charge in [0.1, 0.15) is 5.75 Å². The predicted molar refractivity (Wildman–Crippen MR) is 81.0 cm³/mol. The van der Waals surface area contributed by atoms with Crippen LogP contribution in [0.15, 0.2) is 24.3 Å². The lowest BCUT2D eigenvalue weighted by Crippen LogP contribution is -2.42. The van der Waals surface area contributed by atoms with Crippen molar-refractivity contribution >= 4 is 0 Å². The van der Waals surface area contributed by atoms with Crippen LogP contribution in [0.25, 0.3) is 0 Å². The smallest absolute Gasteiger partial charge is 0.123 e. The second kappa shape index (κ2) is 7.62. The Labute approximate surface area is 121 Å². The molecule has 1 aromatic carbocycles. The highest BCUT2D eigenvalue weighted by Gasteiger charge is 2.27. The number of hydrogen-bond donors (Lipinski definition) is 1. The largest absolute Gasteiger partial charge is 0.496 e. The summed E-state index contributed by atoms with van der Waals surface area (Å²) in [5.74, 6) is 1.54. The molecular weight excluding hydrogens is 252 g/mol. The van der Waals surface area contributed by atoms with E-state index in [0.717, 1.165) is 25.4 Å². The van der Waals surface area contributed by atoms with Gasteiger partial charge in [-0.05, 0) is 31.4 Å². The lowest BCUT2D eigenvalue weighted by atomic mass is 9.95. The Morgan fingerprint density at radius 2 is 2.15 bits per heavy atom. The Morgan fingerprint density at radius 1 is 1.35 bits per heavy atom. The van der Waals surface area contributed by atoms with Crippen molar-refractivity contribution in [3.8, 4) is 5.75 Å². The number of ether oxygens (including phenoxy) is 2. The molecule has 1 saturated heterocycles. The third kappa shape index (κ3) is 3.51. The average molecular weight is 278 g/mol. The molecule has 1 aromatic rings. The average Bonchev–Trinajstić information content (AvgIpc) is 2.49. The first-order valence-corrected chi connectivity index (χ1v) is 7.36. The number of methoxy groups -OCH3 is 2. The van der Waals surface area contributed by atoms with Crippen LogP contribution in [0.4, 0.5) is 0 Å². The lowest BCUT2D eigenvalue weighted by Gasteiger charge is -2.38. The fourth-order valence-electron chi connectivity index (χ4n) is 3.17. The number of likely N-dealkylation sites (tertiary alicyclic amines) is 1. The van der Waals surface area contributed by atoms with Crippen LogP contribution in [-0.2, 0) is 4.74 Å². The van der Waals surface area contributed by atoms with E-state index in [2.05, 4.69) is 17.0 Å². The molecule has 112 valence electrons. The molecule has 2 N–H and O–H groups in total. The molecule has 2 rings (SSSR count). The maximum Gasteiger partial charge on any atom is 0.123 e. The van der Waals surface area contributed by atoms with Gasteiger partial charge in [-0.1, -0.05) is 18.2 Å². The molecule has 0 saturated carbocycles. The molecule has 0 amide bonds. The Bertz CT molecular complexity index is 409. The summed E-state index contributed by atoms with van der Waals surface area (Å²) in [5, 5.41) is 0. The zero-order chi connectivity index (χ0) is 14.4. The minimum atomic E-state index is 0.228. The van der Waals surface area contributed by atoms with Crippen LogP contribution in [-0.4, -0.2) is 45.4 Å². The summed E-state index contributed by atoms with van der Waals surface area (Å²) < 4.78 is 10.8. The van der Waals surface area contributed by atoms with Gasteiger partial charge in [0, 0.05) is 25.8 Å².